The van der Waals surface area contributed by atoms with Gasteiger partial charge in [0.15, 0.2) is 0 Å². The van der Waals surface area contributed by atoms with Crippen LogP contribution in [0.4, 0.5) is 0 Å². The number of nitrogens with zero attached hydrogens (tertiary/aromatic N) is 1. The van der Waals surface area contributed by atoms with Crippen LogP contribution in [0.2, 0.25) is 0 Å². The number of rotatable bonds is 5. The van der Waals surface area contributed by atoms with Crippen molar-refractivity contribution in [3.63, 3.8) is 0 Å². The monoisotopic (exact) mass is 184 g/mol. The first kappa shape index (κ1) is 11.0. The van der Waals surface area contributed by atoms with Crippen molar-refractivity contribution in [2.75, 3.05) is 26.2 Å². The second-order valence-corrected chi connectivity index (χ2v) is 4.04. The third kappa shape index (κ3) is 3.65. The van der Waals surface area contributed by atoms with Gasteiger partial charge in [-0.25, -0.2) is 0 Å². The standard InChI is InChI=1S/C11H24N2/c1-3-8-13(9-4-2)11-6-5-7-12-10-11/h11-12H,3-10H2,1-2H3/t11-/m1/s1. The van der Waals surface area contributed by atoms with Crippen molar-refractivity contribution in [2.45, 2.75) is 45.6 Å². The van der Waals surface area contributed by atoms with Gasteiger partial charge < -0.3 is 5.32 Å². The Hall–Kier alpha value is -0.0800. The van der Waals surface area contributed by atoms with E-state index in [1.165, 1.54) is 51.9 Å². The van der Waals surface area contributed by atoms with Crippen LogP contribution >= 0.6 is 0 Å². The lowest BCUT2D eigenvalue weighted by Gasteiger charge is -2.34. The van der Waals surface area contributed by atoms with Crippen LogP contribution in [0, 0.1) is 0 Å². The van der Waals surface area contributed by atoms with E-state index in [1.807, 2.05) is 0 Å². The molecule has 0 aromatic carbocycles. The van der Waals surface area contributed by atoms with E-state index in [9.17, 15) is 0 Å². The Labute approximate surface area is 82.7 Å². The summed E-state index contributed by atoms with van der Waals surface area (Å²) in [4.78, 5) is 2.66. The topological polar surface area (TPSA) is 15.3 Å². The SMILES string of the molecule is CCCN(CCC)[C@@H]1CCCNC1. The van der Waals surface area contributed by atoms with Crippen molar-refractivity contribution in [1.82, 2.24) is 10.2 Å². The Morgan fingerprint density at radius 2 is 1.92 bits per heavy atom. The minimum atomic E-state index is 0.814. The minimum Gasteiger partial charge on any atom is -0.315 e. The fraction of sp³-hybridized carbons (Fsp3) is 1.00. The van der Waals surface area contributed by atoms with Crippen molar-refractivity contribution >= 4 is 0 Å². The maximum absolute atomic E-state index is 3.49. The highest BCUT2D eigenvalue weighted by atomic mass is 15.2. The van der Waals surface area contributed by atoms with Crippen molar-refractivity contribution in [2.24, 2.45) is 0 Å². The summed E-state index contributed by atoms with van der Waals surface area (Å²) in [7, 11) is 0. The third-order valence-corrected chi connectivity index (χ3v) is 2.81. The molecule has 1 heterocycles. The molecule has 1 rings (SSSR count). The fourth-order valence-corrected chi connectivity index (χ4v) is 2.20. The molecule has 1 atom stereocenters. The maximum Gasteiger partial charge on any atom is 0.0221 e. The molecule has 0 aliphatic carbocycles. The van der Waals surface area contributed by atoms with Gasteiger partial charge in [0.2, 0.25) is 0 Å². The molecule has 0 radical (unpaired) electrons. The molecule has 1 fully saturated rings. The van der Waals surface area contributed by atoms with E-state index in [4.69, 9.17) is 0 Å². The first-order valence-electron chi connectivity index (χ1n) is 5.83. The van der Waals surface area contributed by atoms with Crippen LogP contribution in [0.25, 0.3) is 0 Å². The molecule has 78 valence electrons. The van der Waals surface area contributed by atoms with E-state index < -0.39 is 0 Å². The summed E-state index contributed by atoms with van der Waals surface area (Å²) in [6.07, 6.45) is 5.33. The van der Waals surface area contributed by atoms with Gasteiger partial charge in [0.25, 0.3) is 0 Å². The lowest BCUT2D eigenvalue weighted by molar-refractivity contribution is 0.166. The number of piperidine rings is 1. The van der Waals surface area contributed by atoms with Crippen molar-refractivity contribution in [3.05, 3.63) is 0 Å². The zero-order valence-corrected chi connectivity index (χ0v) is 9.18. The molecule has 1 saturated heterocycles. The molecule has 0 saturated carbocycles. The van der Waals surface area contributed by atoms with Crippen LogP contribution in [0.5, 0.6) is 0 Å². The van der Waals surface area contributed by atoms with E-state index in [0.717, 1.165) is 6.04 Å². The molecule has 0 amide bonds. The van der Waals surface area contributed by atoms with E-state index in [2.05, 4.69) is 24.1 Å². The van der Waals surface area contributed by atoms with Gasteiger partial charge in [0, 0.05) is 12.6 Å². The Kier molecular flexibility index (Phi) is 5.40. The smallest absolute Gasteiger partial charge is 0.0221 e. The molecule has 0 spiro atoms. The summed E-state index contributed by atoms with van der Waals surface area (Å²) in [6, 6.07) is 0.814. The Morgan fingerprint density at radius 1 is 1.23 bits per heavy atom. The van der Waals surface area contributed by atoms with Gasteiger partial charge in [-0.2, -0.15) is 0 Å². The Bertz CT molecular complexity index is 113. The van der Waals surface area contributed by atoms with Gasteiger partial charge in [0.05, 0.1) is 0 Å². The Morgan fingerprint density at radius 3 is 2.38 bits per heavy atom. The highest BCUT2D eigenvalue weighted by molar-refractivity contribution is 4.77. The highest BCUT2D eigenvalue weighted by Gasteiger charge is 2.18. The van der Waals surface area contributed by atoms with Crippen LogP contribution in [-0.2, 0) is 0 Å². The molecule has 2 nitrogen and oxygen atoms in total. The maximum atomic E-state index is 3.49. The number of hydrogen-bond acceptors (Lipinski definition) is 2. The summed E-state index contributed by atoms with van der Waals surface area (Å²) >= 11 is 0. The van der Waals surface area contributed by atoms with Gasteiger partial charge in [-0.1, -0.05) is 13.8 Å². The van der Waals surface area contributed by atoms with Gasteiger partial charge in [-0.15, -0.1) is 0 Å². The zero-order chi connectivity index (χ0) is 9.52. The normalized spacial score (nSPS) is 23.8. The average molecular weight is 184 g/mol. The molecular formula is C11H24N2. The summed E-state index contributed by atoms with van der Waals surface area (Å²) in [6.45, 7) is 9.54. The van der Waals surface area contributed by atoms with Crippen LogP contribution in [0.15, 0.2) is 0 Å². The molecular weight excluding hydrogens is 160 g/mol. The first-order valence-corrected chi connectivity index (χ1v) is 5.83. The quantitative estimate of drug-likeness (QED) is 0.701. The summed E-state index contributed by atoms with van der Waals surface area (Å²) in [5.74, 6) is 0. The third-order valence-electron chi connectivity index (χ3n) is 2.81. The van der Waals surface area contributed by atoms with Gasteiger partial charge in [-0.3, -0.25) is 4.90 Å². The lowest BCUT2D eigenvalue weighted by atomic mass is 10.1. The summed E-state index contributed by atoms with van der Waals surface area (Å²) < 4.78 is 0. The van der Waals surface area contributed by atoms with Crippen molar-refractivity contribution in [1.29, 1.82) is 0 Å². The van der Waals surface area contributed by atoms with Gasteiger partial charge >= 0.3 is 0 Å². The largest absolute Gasteiger partial charge is 0.315 e. The molecule has 0 aromatic rings. The number of hydrogen-bond donors (Lipinski definition) is 1. The summed E-state index contributed by atoms with van der Waals surface area (Å²) in [5, 5.41) is 3.49. The van der Waals surface area contributed by atoms with Gasteiger partial charge in [0.1, 0.15) is 0 Å². The second-order valence-electron chi connectivity index (χ2n) is 4.04. The Balaban J connectivity index is 2.32. The van der Waals surface area contributed by atoms with Crippen LogP contribution in [-0.4, -0.2) is 37.1 Å². The zero-order valence-electron chi connectivity index (χ0n) is 9.18. The molecule has 0 unspecified atom stereocenters. The van der Waals surface area contributed by atoms with Crippen molar-refractivity contribution in [3.8, 4) is 0 Å². The van der Waals surface area contributed by atoms with Crippen LogP contribution < -0.4 is 5.32 Å². The van der Waals surface area contributed by atoms with Crippen LogP contribution in [0.1, 0.15) is 39.5 Å². The predicted octanol–water partition coefficient (Wildman–Crippen LogP) is 1.86. The van der Waals surface area contributed by atoms with E-state index in [1.54, 1.807) is 0 Å². The fourth-order valence-electron chi connectivity index (χ4n) is 2.20. The molecule has 0 bridgehead atoms. The van der Waals surface area contributed by atoms with E-state index in [-0.39, 0.29) is 0 Å². The molecule has 1 N–H and O–H groups in total. The summed E-state index contributed by atoms with van der Waals surface area (Å²) in [5.41, 5.74) is 0. The first-order chi connectivity index (χ1) is 6.38. The number of nitrogens with one attached hydrogen (secondary N) is 1. The highest BCUT2D eigenvalue weighted by Crippen LogP contribution is 2.11. The van der Waals surface area contributed by atoms with Crippen molar-refractivity contribution < 1.29 is 0 Å². The molecule has 1 aliphatic rings. The van der Waals surface area contributed by atoms with E-state index in [0.29, 0.717) is 0 Å². The van der Waals surface area contributed by atoms with Crippen LogP contribution in [0.3, 0.4) is 0 Å². The molecule has 0 aromatic heterocycles. The van der Waals surface area contributed by atoms with E-state index >= 15 is 0 Å². The second kappa shape index (κ2) is 6.39. The molecule has 2 heteroatoms. The van der Waals surface area contributed by atoms with Gasteiger partial charge in [-0.05, 0) is 45.3 Å². The minimum absolute atomic E-state index is 0.814. The molecule has 1 aliphatic heterocycles. The lowest BCUT2D eigenvalue weighted by Crippen LogP contribution is -2.46. The molecule has 13 heavy (non-hydrogen) atoms. The average Bonchev–Trinajstić information content (AvgIpc) is 2.19. The predicted molar refractivity (Wildman–Crippen MR) is 58.0 cm³/mol.